The van der Waals surface area contributed by atoms with Gasteiger partial charge in [-0.3, -0.25) is 0 Å². The first-order valence-electron chi connectivity index (χ1n) is 1.91. The van der Waals surface area contributed by atoms with Crippen LogP contribution in [0.1, 0.15) is 0 Å². The summed E-state index contributed by atoms with van der Waals surface area (Å²) in [4.78, 5) is 17.1. The molecule has 0 unspecified atom stereocenters. The molecular weight excluding hydrogens is 185 g/mol. The third-order valence-electron chi connectivity index (χ3n) is 0.308. The molecule has 3 N–H and O–H groups in total. The average Bonchev–Trinajstić information content (AvgIpc) is 1.57. The van der Waals surface area contributed by atoms with Gasteiger partial charge in [0.25, 0.3) is 0 Å². The lowest BCUT2D eigenvalue weighted by molar-refractivity contribution is 0.169. The van der Waals surface area contributed by atoms with E-state index in [2.05, 4.69) is 4.62 Å². The summed E-state index contributed by atoms with van der Waals surface area (Å²) in [7, 11) is -8.47. The van der Waals surface area contributed by atoms with Gasteiger partial charge in [0.05, 0.1) is 6.26 Å². The second kappa shape index (κ2) is 2.95. The van der Waals surface area contributed by atoms with Crippen LogP contribution in [0.4, 0.5) is 0 Å². The van der Waals surface area contributed by atoms with Gasteiger partial charge < -0.3 is 9.79 Å². The van der Waals surface area contributed by atoms with Gasteiger partial charge in [0.2, 0.25) is 10.0 Å². The molecular formula is CH6NO6PS. The fraction of sp³-hybridized carbons (Fsp3) is 1.00. The molecule has 0 amide bonds. The Morgan fingerprint density at radius 2 is 1.90 bits per heavy atom. The molecule has 0 heterocycles. The van der Waals surface area contributed by atoms with Crippen molar-refractivity contribution in [3.63, 3.8) is 0 Å². The van der Waals surface area contributed by atoms with Crippen molar-refractivity contribution < 1.29 is 27.4 Å². The zero-order valence-electron chi connectivity index (χ0n) is 4.88. The second-order valence-electron chi connectivity index (χ2n) is 1.44. The Morgan fingerprint density at radius 1 is 1.50 bits per heavy atom. The molecule has 62 valence electrons. The summed E-state index contributed by atoms with van der Waals surface area (Å²) in [5.41, 5.74) is 0. The number of nitrogens with one attached hydrogen (secondary N) is 1. The van der Waals surface area contributed by atoms with Gasteiger partial charge in [-0.1, -0.05) is 4.89 Å². The molecule has 0 rings (SSSR count). The standard InChI is InChI=1S/CH6NO6PS/c1-10(6,7)2-8-9(3,4)5/h2H,1H3,(H2,3,4,5). The molecule has 0 fully saturated rings. The third-order valence-corrected chi connectivity index (χ3v) is 1.15. The van der Waals surface area contributed by atoms with Crippen molar-refractivity contribution in [1.82, 2.24) is 4.89 Å². The first kappa shape index (κ1) is 10.0. The first-order valence-corrected chi connectivity index (χ1v) is 5.34. The lowest BCUT2D eigenvalue weighted by Gasteiger charge is -2.02. The maximum atomic E-state index is 10.1. The zero-order chi connectivity index (χ0) is 8.41. The molecule has 7 nitrogen and oxygen atoms in total. The highest BCUT2D eigenvalue weighted by Gasteiger charge is 2.16. The Kier molecular flexibility index (Phi) is 2.96. The van der Waals surface area contributed by atoms with Crippen LogP contribution in [0.5, 0.6) is 0 Å². The number of hydrogen-bond donors (Lipinski definition) is 3. The fourth-order valence-corrected chi connectivity index (χ4v) is 1.05. The summed E-state index contributed by atoms with van der Waals surface area (Å²) in [5.74, 6) is 0. The van der Waals surface area contributed by atoms with Crippen molar-refractivity contribution in [2.45, 2.75) is 0 Å². The van der Waals surface area contributed by atoms with E-state index < -0.39 is 17.8 Å². The molecule has 0 saturated carbocycles. The Labute approximate surface area is 57.3 Å². The number of sulfonamides is 1. The summed E-state index contributed by atoms with van der Waals surface area (Å²) in [5, 5.41) is 0. The molecule has 0 bridgehead atoms. The van der Waals surface area contributed by atoms with Crippen molar-refractivity contribution in [2.24, 2.45) is 0 Å². The van der Waals surface area contributed by atoms with Crippen LogP contribution in [-0.2, 0) is 19.2 Å². The predicted molar refractivity (Wildman–Crippen MR) is 31.1 cm³/mol. The fourth-order valence-electron chi connectivity index (χ4n) is 0.116. The van der Waals surface area contributed by atoms with Gasteiger partial charge >= 0.3 is 7.82 Å². The van der Waals surface area contributed by atoms with Gasteiger partial charge in [-0.25, -0.2) is 13.0 Å². The molecule has 0 aromatic rings. The van der Waals surface area contributed by atoms with E-state index in [4.69, 9.17) is 9.79 Å². The highest BCUT2D eigenvalue weighted by Crippen LogP contribution is 2.33. The first-order chi connectivity index (χ1) is 4.21. The van der Waals surface area contributed by atoms with Crippen LogP contribution in [0, 0.1) is 0 Å². The van der Waals surface area contributed by atoms with Crippen LogP contribution in [-0.4, -0.2) is 24.5 Å². The van der Waals surface area contributed by atoms with E-state index in [1.165, 1.54) is 4.89 Å². The topological polar surface area (TPSA) is 113 Å². The molecule has 0 aliphatic rings. The van der Waals surface area contributed by atoms with Crippen molar-refractivity contribution in [3.8, 4) is 0 Å². The lowest BCUT2D eigenvalue weighted by atomic mass is 12.0. The zero-order valence-corrected chi connectivity index (χ0v) is 6.59. The van der Waals surface area contributed by atoms with E-state index in [1.807, 2.05) is 0 Å². The average molecular weight is 191 g/mol. The summed E-state index contributed by atoms with van der Waals surface area (Å²) < 4.78 is 33.4. The van der Waals surface area contributed by atoms with Crippen LogP contribution in [0.25, 0.3) is 0 Å². The minimum absolute atomic E-state index is 0.697. The predicted octanol–water partition coefficient (Wildman–Crippen LogP) is -1.44. The van der Waals surface area contributed by atoms with Gasteiger partial charge in [-0.15, -0.1) is 0 Å². The summed E-state index contributed by atoms with van der Waals surface area (Å²) in [6, 6.07) is 0. The highest BCUT2D eigenvalue weighted by molar-refractivity contribution is 7.88. The van der Waals surface area contributed by atoms with Crippen LogP contribution in [0.2, 0.25) is 0 Å². The minimum atomic E-state index is -4.75. The smallest absolute Gasteiger partial charge is 0.302 e. The van der Waals surface area contributed by atoms with Crippen molar-refractivity contribution in [3.05, 3.63) is 0 Å². The van der Waals surface area contributed by atoms with E-state index in [0.29, 0.717) is 6.26 Å². The van der Waals surface area contributed by atoms with Crippen molar-refractivity contribution >= 4 is 17.8 Å². The van der Waals surface area contributed by atoms with Gasteiger partial charge in [0.1, 0.15) is 0 Å². The van der Waals surface area contributed by atoms with Gasteiger partial charge in [0.15, 0.2) is 0 Å². The van der Waals surface area contributed by atoms with E-state index in [0.717, 1.165) is 0 Å². The van der Waals surface area contributed by atoms with Crippen molar-refractivity contribution in [1.29, 1.82) is 0 Å². The summed E-state index contributed by atoms with van der Waals surface area (Å²) >= 11 is 0. The molecule has 0 saturated heterocycles. The van der Waals surface area contributed by atoms with Gasteiger partial charge in [-0.05, 0) is 0 Å². The SMILES string of the molecule is CS(=O)(=O)NOP(=O)(O)O. The van der Waals surface area contributed by atoms with E-state index in [-0.39, 0.29) is 0 Å². The van der Waals surface area contributed by atoms with E-state index in [9.17, 15) is 13.0 Å². The van der Waals surface area contributed by atoms with Crippen molar-refractivity contribution in [2.75, 3.05) is 6.26 Å². The number of phosphoric acid groups is 1. The van der Waals surface area contributed by atoms with Crippen LogP contribution >= 0.6 is 7.82 Å². The lowest BCUT2D eigenvalue weighted by Crippen LogP contribution is -2.20. The molecule has 0 aliphatic carbocycles. The Bertz CT molecular complexity index is 236. The quantitative estimate of drug-likeness (QED) is 0.372. The molecule has 10 heavy (non-hydrogen) atoms. The van der Waals surface area contributed by atoms with E-state index >= 15 is 0 Å². The molecule has 9 heteroatoms. The van der Waals surface area contributed by atoms with E-state index in [1.54, 1.807) is 0 Å². The largest absolute Gasteiger partial charge is 0.487 e. The van der Waals surface area contributed by atoms with Crippen LogP contribution in [0.3, 0.4) is 0 Å². The molecule has 0 radical (unpaired) electrons. The monoisotopic (exact) mass is 191 g/mol. The number of rotatable bonds is 3. The third kappa shape index (κ3) is 8.02. The molecule has 0 aliphatic heterocycles. The maximum absolute atomic E-state index is 10.1. The number of hydrogen-bond acceptors (Lipinski definition) is 4. The van der Waals surface area contributed by atoms with Gasteiger partial charge in [0, 0.05) is 0 Å². The molecule has 0 aromatic heterocycles. The molecule has 0 spiro atoms. The van der Waals surface area contributed by atoms with Gasteiger partial charge in [-0.2, -0.15) is 4.62 Å². The summed E-state index contributed by atoms with van der Waals surface area (Å²) in [6.45, 7) is 0. The minimum Gasteiger partial charge on any atom is -0.302 e. The normalized spacial score (nSPS) is 13.5. The Balaban J connectivity index is 3.92. The Morgan fingerprint density at radius 3 is 2.00 bits per heavy atom. The second-order valence-corrected chi connectivity index (χ2v) is 4.31. The Hall–Kier alpha value is 0.0200. The maximum Gasteiger partial charge on any atom is 0.487 e. The summed E-state index contributed by atoms with van der Waals surface area (Å²) in [6.07, 6.45) is 0.697. The highest BCUT2D eigenvalue weighted by atomic mass is 32.2. The van der Waals surface area contributed by atoms with Crippen LogP contribution in [0.15, 0.2) is 0 Å². The van der Waals surface area contributed by atoms with Crippen LogP contribution < -0.4 is 4.89 Å². The molecule has 0 aromatic carbocycles. The molecule has 0 atom stereocenters.